The van der Waals surface area contributed by atoms with Crippen molar-refractivity contribution in [3.8, 4) is 0 Å². The first-order valence-electron chi connectivity index (χ1n) is 7.16. The van der Waals surface area contributed by atoms with E-state index in [9.17, 15) is 4.79 Å². The molecule has 2 aromatic rings. The molecule has 0 spiro atoms. The fourth-order valence-electron chi connectivity index (χ4n) is 2.92. The van der Waals surface area contributed by atoms with Crippen LogP contribution in [0.5, 0.6) is 0 Å². The van der Waals surface area contributed by atoms with Gasteiger partial charge in [0.25, 0.3) is 0 Å². The molecule has 0 saturated heterocycles. The van der Waals surface area contributed by atoms with Crippen LogP contribution in [-0.2, 0) is 11.3 Å². The molecule has 21 heavy (non-hydrogen) atoms. The smallest absolute Gasteiger partial charge is 0.373 e. The minimum absolute atomic E-state index is 0.242. The lowest BCUT2D eigenvalue weighted by molar-refractivity contribution is 0.0562. The van der Waals surface area contributed by atoms with Gasteiger partial charge >= 0.3 is 5.97 Å². The predicted octanol–water partition coefficient (Wildman–Crippen LogP) is 2.15. The van der Waals surface area contributed by atoms with Gasteiger partial charge in [-0.05, 0) is 31.4 Å². The Bertz CT molecular complexity index is 591. The number of furan rings is 1. The minimum Gasteiger partial charge on any atom is -0.463 e. The summed E-state index contributed by atoms with van der Waals surface area (Å²) in [5.41, 5.74) is 0. The third-order valence-corrected chi connectivity index (χ3v) is 3.97. The fourth-order valence-corrected chi connectivity index (χ4v) is 2.92. The van der Waals surface area contributed by atoms with Crippen LogP contribution >= 0.6 is 0 Å². The summed E-state index contributed by atoms with van der Waals surface area (Å²) >= 11 is 0. The largest absolute Gasteiger partial charge is 0.463 e. The van der Waals surface area contributed by atoms with Gasteiger partial charge in [0.05, 0.1) is 20.0 Å². The molecule has 112 valence electrons. The van der Waals surface area contributed by atoms with Crippen molar-refractivity contribution in [1.82, 2.24) is 14.9 Å². The lowest BCUT2D eigenvalue weighted by atomic mass is 10.1. The van der Waals surface area contributed by atoms with Gasteiger partial charge in [0.1, 0.15) is 5.76 Å². The van der Waals surface area contributed by atoms with Crippen molar-refractivity contribution in [3.63, 3.8) is 0 Å². The molecule has 2 atom stereocenters. The average Bonchev–Trinajstić information content (AvgIpc) is 3.22. The second-order valence-corrected chi connectivity index (χ2v) is 5.25. The van der Waals surface area contributed by atoms with Crippen LogP contribution in [0.1, 0.15) is 41.6 Å². The van der Waals surface area contributed by atoms with Crippen molar-refractivity contribution in [3.05, 3.63) is 42.4 Å². The maximum absolute atomic E-state index is 11.3. The van der Waals surface area contributed by atoms with Gasteiger partial charge in [0.15, 0.2) is 0 Å². The first-order chi connectivity index (χ1) is 10.3. The van der Waals surface area contributed by atoms with E-state index in [0.29, 0.717) is 18.6 Å². The molecule has 6 heteroatoms. The summed E-state index contributed by atoms with van der Waals surface area (Å²) < 4.78 is 12.3. The molecule has 6 nitrogen and oxygen atoms in total. The Balaban J connectivity index is 1.59. The summed E-state index contributed by atoms with van der Waals surface area (Å²) in [6, 6.07) is 4.28. The SMILES string of the molecule is COC(=O)c1ccc(CNC2CCCC2n2ccnc2)o1. The van der Waals surface area contributed by atoms with Crippen LogP contribution < -0.4 is 5.32 Å². The third kappa shape index (κ3) is 3.00. The van der Waals surface area contributed by atoms with E-state index < -0.39 is 5.97 Å². The van der Waals surface area contributed by atoms with Crippen LogP contribution in [0.2, 0.25) is 0 Å². The van der Waals surface area contributed by atoms with E-state index in [1.165, 1.54) is 13.5 Å². The number of rotatable bonds is 5. The number of esters is 1. The van der Waals surface area contributed by atoms with E-state index in [-0.39, 0.29) is 5.76 Å². The van der Waals surface area contributed by atoms with Crippen LogP contribution in [0.15, 0.2) is 35.3 Å². The maximum Gasteiger partial charge on any atom is 0.373 e. The van der Waals surface area contributed by atoms with Crippen LogP contribution in [0.3, 0.4) is 0 Å². The molecule has 1 fully saturated rings. The summed E-state index contributed by atoms with van der Waals surface area (Å²) in [6.45, 7) is 0.604. The molecule has 3 rings (SSSR count). The Morgan fingerprint density at radius 3 is 3.19 bits per heavy atom. The van der Waals surface area contributed by atoms with Gasteiger partial charge in [-0.2, -0.15) is 0 Å². The average molecular weight is 289 g/mol. The highest BCUT2D eigenvalue weighted by atomic mass is 16.5. The number of nitrogens with zero attached hydrogens (tertiary/aromatic N) is 2. The molecule has 0 aromatic carbocycles. The van der Waals surface area contributed by atoms with Crippen molar-refractivity contribution in [1.29, 1.82) is 0 Å². The topological polar surface area (TPSA) is 69.3 Å². The molecule has 1 saturated carbocycles. The van der Waals surface area contributed by atoms with Gasteiger partial charge in [0.2, 0.25) is 5.76 Å². The number of carbonyl (C=O) groups excluding carboxylic acids is 1. The van der Waals surface area contributed by atoms with E-state index in [1.54, 1.807) is 12.1 Å². The Morgan fingerprint density at radius 1 is 1.52 bits per heavy atom. The Hall–Kier alpha value is -2.08. The summed E-state index contributed by atoms with van der Waals surface area (Å²) in [5.74, 6) is 0.539. The van der Waals surface area contributed by atoms with Gasteiger partial charge in [-0.25, -0.2) is 9.78 Å². The number of aromatic nitrogens is 2. The van der Waals surface area contributed by atoms with Crippen molar-refractivity contribution in [2.45, 2.75) is 37.9 Å². The fraction of sp³-hybridized carbons (Fsp3) is 0.467. The van der Waals surface area contributed by atoms with Crippen molar-refractivity contribution in [2.75, 3.05) is 7.11 Å². The Labute approximate surface area is 123 Å². The van der Waals surface area contributed by atoms with Crippen molar-refractivity contribution >= 4 is 5.97 Å². The molecular formula is C15H19N3O3. The van der Waals surface area contributed by atoms with Crippen LogP contribution in [0.4, 0.5) is 0 Å². The number of imidazole rings is 1. The molecule has 1 N–H and O–H groups in total. The first kappa shape index (κ1) is 13.9. The normalized spacial score (nSPS) is 21.6. The first-order valence-corrected chi connectivity index (χ1v) is 7.16. The molecule has 2 aromatic heterocycles. The number of nitrogens with one attached hydrogen (secondary N) is 1. The lowest BCUT2D eigenvalue weighted by Gasteiger charge is -2.21. The molecule has 2 heterocycles. The second-order valence-electron chi connectivity index (χ2n) is 5.25. The highest BCUT2D eigenvalue weighted by Gasteiger charge is 2.28. The minimum atomic E-state index is -0.446. The highest BCUT2D eigenvalue weighted by molar-refractivity contribution is 5.86. The number of hydrogen-bond donors (Lipinski definition) is 1. The number of carbonyl (C=O) groups is 1. The maximum atomic E-state index is 11.3. The van der Waals surface area contributed by atoms with E-state index in [0.717, 1.165) is 18.6 Å². The van der Waals surface area contributed by atoms with E-state index >= 15 is 0 Å². The number of methoxy groups -OCH3 is 1. The molecule has 0 amide bonds. The van der Waals surface area contributed by atoms with E-state index in [2.05, 4.69) is 19.6 Å². The summed E-state index contributed by atoms with van der Waals surface area (Å²) in [5, 5.41) is 3.51. The lowest BCUT2D eigenvalue weighted by Crippen LogP contribution is -2.33. The van der Waals surface area contributed by atoms with E-state index in [4.69, 9.17) is 4.42 Å². The second kappa shape index (κ2) is 6.13. The summed E-state index contributed by atoms with van der Waals surface area (Å²) in [7, 11) is 1.34. The zero-order valence-corrected chi connectivity index (χ0v) is 12.0. The summed E-state index contributed by atoms with van der Waals surface area (Å²) in [4.78, 5) is 15.5. The zero-order chi connectivity index (χ0) is 14.7. The van der Waals surface area contributed by atoms with Crippen molar-refractivity contribution in [2.24, 2.45) is 0 Å². The van der Waals surface area contributed by atoms with Gasteiger partial charge < -0.3 is 19.0 Å². The van der Waals surface area contributed by atoms with Crippen molar-refractivity contribution < 1.29 is 13.9 Å². The molecule has 2 unspecified atom stereocenters. The van der Waals surface area contributed by atoms with Crippen LogP contribution in [0, 0.1) is 0 Å². The van der Waals surface area contributed by atoms with Crippen LogP contribution in [-0.4, -0.2) is 28.7 Å². The molecule has 1 aliphatic rings. The highest BCUT2D eigenvalue weighted by Crippen LogP contribution is 2.30. The standard InChI is InChI=1S/C15H19N3O3/c1-20-15(19)14-6-5-11(21-14)9-17-12-3-2-4-13(12)18-8-7-16-10-18/h5-8,10,12-13,17H,2-4,9H2,1H3. The molecule has 0 bridgehead atoms. The van der Waals surface area contributed by atoms with Gasteiger partial charge in [-0.15, -0.1) is 0 Å². The molecular weight excluding hydrogens is 270 g/mol. The number of hydrogen-bond acceptors (Lipinski definition) is 5. The number of ether oxygens (including phenoxy) is 1. The molecule has 0 radical (unpaired) electrons. The van der Waals surface area contributed by atoms with Crippen LogP contribution in [0.25, 0.3) is 0 Å². The molecule has 0 aliphatic heterocycles. The van der Waals surface area contributed by atoms with Gasteiger partial charge in [-0.3, -0.25) is 0 Å². The third-order valence-electron chi connectivity index (χ3n) is 3.97. The molecule has 1 aliphatic carbocycles. The van der Waals surface area contributed by atoms with E-state index in [1.807, 2.05) is 18.7 Å². The predicted molar refractivity (Wildman–Crippen MR) is 75.8 cm³/mol. The summed E-state index contributed by atoms with van der Waals surface area (Å²) in [6.07, 6.45) is 9.17. The van der Waals surface area contributed by atoms with Gasteiger partial charge in [-0.1, -0.05) is 0 Å². The monoisotopic (exact) mass is 289 g/mol. The Kier molecular flexibility index (Phi) is 4.06. The zero-order valence-electron chi connectivity index (χ0n) is 12.0. The van der Waals surface area contributed by atoms with Gasteiger partial charge in [0, 0.05) is 24.5 Å². The Morgan fingerprint density at radius 2 is 2.43 bits per heavy atom. The quantitative estimate of drug-likeness (QED) is 0.854.